The highest BCUT2D eigenvalue weighted by molar-refractivity contribution is 5.69. The first-order valence-electron chi connectivity index (χ1n) is 7.87. The molecule has 0 aliphatic heterocycles. The molecule has 0 amide bonds. The van der Waals surface area contributed by atoms with Gasteiger partial charge < -0.3 is 0 Å². The van der Waals surface area contributed by atoms with Gasteiger partial charge in [-0.05, 0) is 54.8 Å². The summed E-state index contributed by atoms with van der Waals surface area (Å²) >= 11 is 0. The normalized spacial score (nSPS) is 10.8. The van der Waals surface area contributed by atoms with E-state index >= 15 is 0 Å². The molecule has 0 saturated heterocycles. The topological polar surface area (TPSA) is 48.8 Å². The quantitative estimate of drug-likeness (QED) is 0.476. The number of benzene rings is 3. The van der Waals surface area contributed by atoms with Gasteiger partial charge in [0.15, 0.2) is 0 Å². The summed E-state index contributed by atoms with van der Waals surface area (Å²) < 4.78 is 0. The van der Waals surface area contributed by atoms with Gasteiger partial charge in [-0.3, -0.25) is 5.43 Å². The van der Waals surface area contributed by atoms with Crippen LogP contribution in [0.25, 0.3) is 11.1 Å². The fourth-order valence-electron chi connectivity index (χ4n) is 2.54. The van der Waals surface area contributed by atoms with Crippen LogP contribution in [-0.2, 0) is 0 Å². The lowest BCUT2D eigenvalue weighted by Crippen LogP contribution is -2.13. The third kappa shape index (κ3) is 3.98. The monoisotopic (exact) mass is 316 g/mol. The van der Waals surface area contributed by atoms with E-state index in [4.69, 9.17) is 0 Å². The standard InChI is InChI=1S/C20H20N4/c1-15-7-6-8-17(13-15)20-12-11-19(14-16(20)2)22-24-23-21-18-9-4-3-5-10-18/h3-14H,1-2H3,(H,21,24)(H,22,23). The molecular formula is C20H20N4. The van der Waals surface area contributed by atoms with Crippen LogP contribution < -0.4 is 11.0 Å². The van der Waals surface area contributed by atoms with Gasteiger partial charge in [0.05, 0.1) is 11.4 Å². The van der Waals surface area contributed by atoms with E-state index in [-0.39, 0.29) is 0 Å². The zero-order valence-electron chi connectivity index (χ0n) is 13.8. The second-order valence-electron chi connectivity index (χ2n) is 5.67. The molecule has 0 aliphatic carbocycles. The fraction of sp³-hybridized carbons (Fsp3) is 0.100. The van der Waals surface area contributed by atoms with Crippen molar-refractivity contribution in [3.05, 3.63) is 83.9 Å². The molecule has 3 aromatic carbocycles. The van der Waals surface area contributed by atoms with Crippen molar-refractivity contribution in [2.75, 3.05) is 5.43 Å². The summed E-state index contributed by atoms with van der Waals surface area (Å²) in [6, 6.07) is 24.4. The van der Waals surface area contributed by atoms with Crippen LogP contribution in [0.4, 0.5) is 11.4 Å². The largest absolute Gasteiger partial charge is 0.284 e. The molecule has 120 valence electrons. The van der Waals surface area contributed by atoms with Gasteiger partial charge in [-0.1, -0.05) is 59.3 Å². The first-order valence-corrected chi connectivity index (χ1v) is 7.87. The third-order valence-electron chi connectivity index (χ3n) is 3.73. The lowest BCUT2D eigenvalue weighted by atomic mass is 9.99. The molecule has 3 rings (SSSR count). The van der Waals surface area contributed by atoms with Crippen molar-refractivity contribution >= 4 is 11.4 Å². The van der Waals surface area contributed by atoms with Gasteiger partial charge >= 0.3 is 0 Å². The van der Waals surface area contributed by atoms with Crippen molar-refractivity contribution in [2.45, 2.75) is 13.8 Å². The summed E-state index contributed by atoms with van der Waals surface area (Å²) in [5.41, 5.74) is 12.3. The number of para-hydroxylation sites is 1. The van der Waals surface area contributed by atoms with Crippen LogP contribution in [0.2, 0.25) is 0 Å². The minimum absolute atomic E-state index is 0.811. The molecule has 0 saturated carbocycles. The van der Waals surface area contributed by atoms with Gasteiger partial charge in [-0.2, -0.15) is 0 Å². The summed E-state index contributed by atoms with van der Waals surface area (Å²) in [6.07, 6.45) is 0. The van der Waals surface area contributed by atoms with Crippen LogP contribution in [0.5, 0.6) is 0 Å². The molecule has 24 heavy (non-hydrogen) atoms. The van der Waals surface area contributed by atoms with Crippen LogP contribution in [0.1, 0.15) is 11.1 Å². The summed E-state index contributed by atoms with van der Waals surface area (Å²) in [7, 11) is 0. The van der Waals surface area contributed by atoms with Crippen LogP contribution >= 0.6 is 0 Å². The molecule has 0 unspecified atom stereocenters. The molecule has 0 aromatic heterocycles. The van der Waals surface area contributed by atoms with Gasteiger partial charge in [0.1, 0.15) is 0 Å². The van der Waals surface area contributed by atoms with Crippen molar-refractivity contribution in [2.24, 2.45) is 10.3 Å². The SMILES string of the molecule is Cc1cccc(-c2ccc(N=NNNc3ccccc3)cc2C)c1. The highest BCUT2D eigenvalue weighted by Gasteiger charge is 2.03. The van der Waals surface area contributed by atoms with Gasteiger partial charge in [0, 0.05) is 0 Å². The summed E-state index contributed by atoms with van der Waals surface area (Å²) in [5, 5.41) is 8.14. The molecule has 0 atom stereocenters. The van der Waals surface area contributed by atoms with Crippen molar-refractivity contribution in [3.8, 4) is 11.1 Å². The molecule has 0 aliphatic rings. The third-order valence-corrected chi connectivity index (χ3v) is 3.73. The van der Waals surface area contributed by atoms with Crippen molar-refractivity contribution in [1.82, 2.24) is 5.53 Å². The van der Waals surface area contributed by atoms with Crippen LogP contribution in [-0.4, -0.2) is 0 Å². The Morgan fingerprint density at radius 3 is 2.38 bits per heavy atom. The van der Waals surface area contributed by atoms with Gasteiger partial charge in [-0.25, -0.2) is 5.53 Å². The first-order chi connectivity index (χ1) is 11.7. The molecule has 0 spiro atoms. The highest BCUT2D eigenvalue weighted by Crippen LogP contribution is 2.27. The number of anilines is 1. The first kappa shape index (κ1) is 15.7. The van der Waals surface area contributed by atoms with Crippen molar-refractivity contribution in [1.29, 1.82) is 0 Å². The average Bonchev–Trinajstić information content (AvgIpc) is 2.60. The van der Waals surface area contributed by atoms with Crippen molar-refractivity contribution < 1.29 is 0 Å². The van der Waals surface area contributed by atoms with E-state index in [1.165, 1.54) is 22.3 Å². The number of hydrogen-bond donors (Lipinski definition) is 2. The van der Waals surface area contributed by atoms with Gasteiger partial charge in [-0.15, -0.1) is 5.11 Å². The molecule has 3 aromatic rings. The van der Waals surface area contributed by atoms with E-state index in [1.807, 2.05) is 42.5 Å². The van der Waals surface area contributed by atoms with Crippen LogP contribution in [0, 0.1) is 13.8 Å². The predicted octanol–water partition coefficient (Wildman–Crippen LogP) is 5.59. The summed E-state index contributed by atoms with van der Waals surface area (Å²) in [5.74, 6) is 0. The maximum Gasteiger partial charge on any atom is 0.0877 e. The Morgan fingerprint density at radius 2 is 1.62 bits per heavy atom. The Balaban J connectivity index is 1.67. The Morgan fingerprint density at radius 1 is 0.792 bits per heavy atom. The Hall–Kier alpha value is -3.14. The number of hydrazine groups is 1. The van der Waals surface area contributed by atoms with Crippen molar-refractivity contribution in [3.63, 3.8) is 0 Å². The lowest BCUT2D eigenvalue weighted by molar-refractivity contribution is 0.806. The predicted molar refractivity (Wildman–Crippen MR) is 99.1 cm³/mol. The van der Waals surface area contributed by atoms with E-state index in [0.717, 1.165) is 11.4 Å². The van der Waals surface area contributed by atoms with E-state index in [9.17, 15) is 0 Å². The lowest BCUT2D eigenvalue weighted by Gasteiger charge is -2.08. The second-order valence-corrected chi connectivity index (χ2v) is 5.67. The molecule has 0 fully saturated rings. The number of nitrogens with one attached hydrogen (secondary N) is 2. The molecule has 0 radical (unpaired) electrons. The minimum atomic E-state index is 0.811. The molecule has 2 N–H and O–H groups in total. The maximum atomic E-state index is 4.19. The molecule has 4 nitrogen and oxygen atoms in total. The van der Waals surface area contributed by atoms with E-state index < -0.39 is 0 Å². The molecule has 0 heterocycles. The average molecular weight is 316 g/mol. The number of hydrogen-bond acceptors (Lipinski definition) is 3. The Kier molecular flexibility index (Phi) is 4.87. The Labute approximate surface area is 142 Å². The smallest absolute Gasteiger partial charge is 0.0877 e. The number of nitrogens with zero attached hydrogens (tertiary/aromatic N) is 2. The second kappa shape index (κ2) is 7.42. The van der Waals surface area contributed by atoms with Crippen LogP contribution in [0.3, 0.4) is 0 Å². The van der Waals surface area contributed by atoms with E-state index in [0.29, 0.717) is 0 Å². The number of rotatable bonds is 5. The molecule has 0 bridgehead atoms. The summed E-state index contributed by atoms with van der Waals surface area (Å²) in [6.45, 7) is 4.19. The Bertz CT molecular complexity index is 841. The van der Waals surface area contributed by atoms with Crippen LogP contribution in [0.15, 0.2) is 83.1 Å². The fourth-order valence-corrected chi connectivity index (χ4v) is 2.54. The van der Waals surface area contributed by atoms with E-state index in [1.54, 1.807) is 0 Å². The molecular weight excluding hydrogens is 296 g/mol. The zero-order valence-corrected chi connectivity index (χ0v) is 13.8. The van der Waals surface area contributed by atoms with Gasteiger partial charge in [0.2, 0.25) is 0 Å². The van der Waals surface area contributed by atoms with E-state index in [2.05, 4.69) is 65.5 Å². The molecule has 4 heteroatoms. The number of aryl methyl sites for hydroxylation is 2. The summed E-state index contributed by atoms with van der Waals surface area (Å²) in [4.78, 5) is 0. The minimum Gasteiger partial charge on any atom is -0.284 e. The zero-order chi connectivity index (χ0) is 16.8. The van der Waals surface area contributed by atoms with Gasteiger partial charge in [0.25, 0.3) is 0 Å². The highest BCUT2D eigenvalue weighted by atomic mass is 15.6. The maximum absolute atomic E-state index is 4.19.